The Hall–Kier alpha value is -1.33. The van der Waals surface area contributed by atoms with Gasteiger partial charge in [-0.05, 0) is 25.7 Å². The van der Waals surface area contributed by atoms with Gasteiger partial charge in [0.05, 0.1) is 25.4 Å². The molecule has 0 aliphatic carbocycles. The van der Waals surface area contributed by atoms with Gasteiger partial charge in [-0.15, -0.1) is 0 Å². The van der Waals surface area contributed by atoms with Crippen LogP contribution in [0, 0.1) is 0 Å². The summed E-state index contributed by atoms with van der Waals surface area (Å²) in [5.41, 5.74) is 0. The molecule has 0 radical (unpaired) electrons. The van der Waals surface area contributed by atoms with Crippen LogP contribution in [0.5, 0.6) is 0 Å². The highest BCUT2D eigenvalue weighted by atomic mass is 16.7. The predicted molar refractivity (Wildman–Crippen MR) is 221 cm³/mol. The van der Waals surface area contributed by atoms with E-state index in [0.29, 0.717) is 6.42 Å². The maximum atomic E-state index is 12.9. The van der Waals surface area contributed by atoms with E-state index in [1.807, 2.05) is 6.08 Å². The van der Waals surface area contributed by atoms with Crippen molar-refractivity contribution in [2.24, 2.45) is 0 Å². The maximum Gasteiger partial charge on any atom is 0.220 e. The van der Waals surface area contributed by atoms with Gasteiger partial charge in [-0.3, -0.25) is 4.79 Å². The zero-order chi connectivity index (χ0) is 39.5. The number of hydrogen-bond donors (Lipinski definition) is 6. The van der Waals surface area contributed by atoms with Crippen molar-refractivity contribution in [2.75, 3.05) is 13.2 Å². The molecule has 1 rings (SSSR count). The molecule has 9 nitrogen and oxygen atoms in total. The second-order valence-corrected chi connectivity index (χ2v) is 15.8. The van der Waals surface area contributed by atoms with Crippen LogP contribution >= 0.6 is 0 Å². The van der Waals surface area contributed by atoms with E-state index in [1.54, 1.807) is 6.08 Å². The fourth-order valence-corrected chi connectivity index (χ4v) is 7.10. The van der Waals surface area contributed by atoms with Crippen LogP contribution in [-0.4, -0.2) is 87.5 Å². The number of allylic oxidation sites excluding steroid dienone is 3. The standard InChI is InChI=1S/C45H85NO8/c1-3-5-7-9-11-13-14-15-16-17-18-19-20-21-22-23-24-25-26-27-29-31-33-35-41(49)46-38(39(48)34-32-30-28-12-10-8-6-4-2)37-53-45-44(52)43(51)42(50)40(36-47)54-45/h10,12,32,34,38-40,42-45,47-48,50-52H,3-9,11,13-31,33,35-37H2,1-2H3,(H,46,49)/b12-10+,34-32+. The highest BCUT2D eigenvalue weighted by molar-refractivity contribution is 5.76. The molecule has 1 amide bonds. The number of aliphatic hydroxyl groups is 5. The molecule has 0 aromatic rings. The maximum absolute atomic E-state index is 12.9. The minimum atomic E-state index is -1.57. The lowest BCUT2D eigenvalue weighted by atomic mass is 9.99. The number of carbonyl (C=O) groups excluding carboxylic acids is 1. The Bertz CT molecular complexity index is 899. The largest absolute Gasteiger partial charge is 0.394 e. The third kappa shape index (κ3) is 26.5. The number of aliphatic hydroxyl groups excluding tert-OH is 5. The number of ether oxygens (including phenoxy) is 2. The minimum Gasteiger partial charge on any atom is -0.394 e. The number of nitrogens with one attached hydrogen (secondary N) is 1. The number of amides is 1. The van der Waals surface area contributed by atoms with Gasteiger partial charge in [0, 0.05) is 6.42 Å². The molecule has 9 heteroatoms. The molecule has 0 aromatic heterocycles. The summed E-state index contributed by atoms with van der Waals surface area (Å²) in [6.45, 7) is 3.68. The van der Waals surface area contributed by atoms with Gasteiger partial charge >= 0.3 is 0 Å². The molecule has 6 N–H and O–H groups in total. The SMILES string of the molecule is CCCC/C=C/CC/C=C/C(O)C(COC1OC(CO)C(O)C(O)C1O)NC(=O)CCCCCCCCCCCCCCCCCCCCCCCCC. The number of hydrogen-bond acceptors (Lipinski definition) is 8. The molecule has 0 saturated carbocycles. The molecule has 318 valence electrons. The Labute approximate surface area is 330 Å². The Kier molecular flexibility index (Phi) is 33.8. The molecule has 1 aliphatic rings. The first-order valence-corrected chi connectivity index (χ1v) is 22.6. The lowest BCUT2D eigenvalue weighted by Crippen LogP contribution is -2.60. The molecule has 0 aromatic carbocycles. The van der Waals surface area contributed by atoms with Gasteiger partial charge in [0.15, 0.2) is 6.29 Å². The van der Waals surface area contributed by atoms with Gasteiger partial charge < -0.3 is 40.3 Å². The summed E-state index contributed by atoms with van der Waals surface area (Å²) in [6.07, 6.45) is 35.4. The molecule has 1 heterocycles. The van der Waals surface area contributed by atoms with Crippen molar-refractivity contribution in [3.63, 3.8) is 0 Å². The van der Waals surface area contributed by atoms with Crippen molar-refractivity contribution in [2.45, 2.75) is 243 Å². The summed E-state index contributed by atoms with van der Waals surface area (Å²) in [7, 11) is 0. The first-order valence-electron chi connectivity index (χ1n) is 22.6. The average molecular weight is 768 g/mol. The Morgan fingerprint density at radius 2 is 1.06 bits per heavy atom. The first-order chi connectivity index (χ1) is 26.3. The first kappa shape index (κ1) is 50.7. The van der Waals surface area contributed by atoms with Gasteiger partial charge in [-0.25, -0.2) is 0 Å². The number of carbonyl (C=O) groups is 1. The molecule has 7 atom stereocenters. The Balaban J connectivity index is 2.21. The van der Waals surface area contributed by atoms with Crippen LogP contribution in [0.3, 0.4) is 0 Å². The second kappa shape index (κ2) is 36.0. The van der Waals surface area contributed by atoms with E-state index in [-0.39, 0.29) is 12.5 Å². The van der Waals surface area contributed by atoms with Crippen LogP contribution in [0.15, 0.2) is 24.3 Å². The lowest BCUT2D eigenvalue weighted by Gasteiger charge is -2.40. The van der Waals surface area contributed by atoms with Crippen molar-refractivity contribution in [3.05, 3.63) is 24.3 Å². The topological polar surface area (TPSA) is 149 Å². The van der Waals surface area contributed by atoms with Crippen molar-refractivity contribution in [1.82, 2.24) is 5.32 Å². The fourth-order valence-electron chi connectivity index (χ4n) is 7.10. The van der Waals surface area contributed by atoms with Gasteiger partial charge in [0.25, 0.3) is 0 Å². The fraction of sp³-hybridized carbons (Fsp3) is 0.889. The van der Waals surface area contributed by atoms with E-state index in [0.717, 1.165) is 44.9 Å². The average Bonchev–Trinajstić information content (AvgIpc) is 3.17. The van der Waals surface area contributed by atoms with Gasteiger partial charge in [0.2, 0.25) is 5.91 Å². The van der Waals surface area contributed by atoms with Gasteiger partial charge in [0.1, 0.15) is 24.4 Å². The third-order valence-corrected chi connectivity index (χ3v) is 10.8. The molecule has 0 bridgehead atoms. The quantitative estimate of drug-likeness (QED) is 0.0271. The number of rotatable bonds is 37. The predicted octanol–water partition coefficient (Wildman–Crippen LogP) is 9.11. The van der Waals surface area contributed by atoms with Crippen molar-refractivity contribution < 1.29 is 39.8 Å². The van der Waals surface area contributed by atoms with Crippen LogP contribution in [0.4, 0.5) is 0 Å². The van der Waals surface area contributed by atoms with Crippen LogP contribution < -0.4 is 5.32 Å². The van der Waals surface area contributed by atoms with Gasteiger partial charge in [-0.2, -0.15) is 0 Å². The molecule has 0 spiro atoms. The molecule has 7 unspecified atom stereocenters. The van der Waals surface area contributed by atoms with E-state index < -0.39 is 49.5 Å². The van der Waals surface area contributed by atoms with Crippen molar-refractivity contribution >= 4 is 5.91 Å². The van der Waals surface area contributed by atoms with Crippen molar-refractivity contribution in [1.29, 1.82) is 0 Å². The van der Waals surface area contributed by atoms with Crippen LogP contribution in [0.2, 0.25) is 0 Å². The minimum absolute atomic E-state index is 0.188. The smallest absolute Gasteiger partial charge is 0.220 e. The zero-order valence-corrected chi connectivity index (χ0v) is 34.7. The highest BCUT2D eigenvalue weighted by Crippen LogP contribution is 2.22. The number of unbranched alkanes of at least 4 members (excludes halogenated alkanes) is 25. The molecule has 1 saturated heterocycles. The Morgan fingerprint density at radius 1 is 0.611 bits per heavy atom. The summed E-state index contributed by atoms with van der Waals surface area (Å²) >= 11 is 0. The Morgan fingerprint density at radius 3 is 1.54 bits per heavy atom. The molecular formula is C45H85NO8. The normalized spacial score (nSPS) is 21.6. The van der Waals surface area contributed by atoms with Crippen molar-refractivity contribution in [3.8, 4) is 0 Å². The lowest BCUT2D eigenvalue weighted by molar-refractivity contribution is -0.302. The van der Waals surface area contributed by atoms with Crippen LogP contribution in [0.25, 0.3) is 0 Å². The summed E-state index contributed by atoms with van der Waals surface area (Å²) in [5.74, 6) is -0.188. The summed E-state index contributed by atoms with van der Waals surface area (Å²) in [5, 5.41) is 53.9. The molecule has 54 heavy (non-hydrogen) atoms. The monoisotopic (exact) mass is 768 g/mol. The van der Waals surface area contributed by atoms with E-state index in [2.05, 4.69) is 31.3 Å². The zero-order valence-electron chi connectivity index (χ0n) is 34.7. The van der Waals surface area contributed by atoms with Crippen LogP contribution in [0.1, 0.15) is 200 Å². The van der Waals surface area contributed by atoms with E-state index in [9.17, 15) is 30.3 Å². The molecular weight excluding hydrogens is 682 g/mol. The summed E-state index contributed by atoms with van der Waals surface area (Å²) in [6, 6.07) is -0.814. The summed E-state index contributed by atoms with van der Waals surface area (Å²) < 4.78 is 11.1. The van der Waals surface area contributed by atoms with Crippen LogP contribution in [-0.2, 0) is 14.3 Å². The van der Waals surface area contributed by atoms with Gasteiger partial charge in [-0.1, -0.05) is 192 Å². The summed E-state index contributed by atoms with van der Waals surface area (Å²) in [4.78, 5) is 12.9. The molecule has 1 fully saturated rings. The van der Waals surface area contributed by atoms with E-state index in [4.69, 9.17) is 9.47 Å². The highest BCUT2D eigenvalue weighted by Gasteiger charge is 2.44. The molecule has 1 aliphatic heterocycles. The van der Waals surface area contributed by atoms with E-state index >= 15 is 0 Å². The third-order valence-electron chi connectivity index (χ3n) is 10.8. The van der Waals surface area contributed by atoms with E-state index in [1.165, 1.54) is 135 Å². The second-order valence-electron chi connectivity index (χ2n) is 15.8.